The summed E-state index contributed by atoms with van der Waals surface area (Å²) in [5.74, 6) is 0.801. The lowest BCUT2D eigenvalue weighted by molar-refractivity contribution is 0.550. The van der Waals surface area contributed by atoms with Crippen LogP contribution in [-0.2, 0) is 0 Å². The van der Waals surface area contributed by atoms with E-state index in [0.29, 0.717) is 5.37 Å². The van der Waals surface area contributed by atoms with Crippen molar-refractivity contribution in [1.29, 1.82) is 0 Å². The molecule has 9 heavy (non-hydrogen) atoms. The molecule has 2 heteroatoms. The molecule has 0 aromatic heterocycles. The van der Waals surface area contributed by atoms with E-state index in [9.17, 15) is 0 Å². The Balaban J connectivity index is 2.14. The SMILES string of the molecule is CC(C)CC1NC=CS1. The van der Waals surface area contributed by atoms with Gasteiger partial charge in [0.25, 0.3) is 0 Å². The van der Waals surface area contributed by atoms with Crippen LogP contribution >= 0.6 is 11.8 Å². The van der Waals surface area contributed by atoms with Crippen LogP contribution in [0.1, 0.15) is 20.3 Å². The Bertz CT molecular complexity index is 101. The first-order valence-electron chi connectivity index (χ1n) is 3.35. The van der Waals surface area contributed by atoms with Crippen LogP contribution in [-0.4, -0.2) is 5.37 Å². The molecule has 0 aliphatic carbocycles. The molecule has 0 aromatic rings. The lowest BCUT2D eigenvalue weighted by Crippen LogP contribution is -2.17. The highest BCUT2D eigenvalue weighted by Gasteiger charge is 2.10. The zero-order valence-corrected chi connectivity index (χ0v) is 6.74. The number of rotatable bonds is 2. The van der Waals surface area contributed by atoms with Gasteiger partial charge in [0, 0.05) is 6.20 Å². The second kappa shape index (κ2) is 3.16. The highest BCUT2D eigenvalue weighted by Crippen LogP contribution is 2.21. The van der Waals surface area contributed by atoms with E-state index in [2.05, 4.69) is 24.6 Å². The summed E-state index contributed by atoms with van der Waals surface area (Å²) < 4.78 is 0. The predicted molar refractivity (Wildman–Crippen MR) is 43.1 cm³/mol. The Hall–Kier alpha value is -0.110. The zero-order valence-electron chi connectivity index (χ0n) is 5.92. The maximum Gasteiger partial charge on any atom is 0.0761 e. The standard InChI is InChI=1S/C7H13NS/c1-6(2)5-7-8-3-4-9-7/h3-4,6-8H,5H2,1-2H3. The average molecular weight is 143 g/mol. The van der Waals surface area contributed by atoms with E-state index < -0.39 is 0 Å². The molecule has 0 radical (unpaired) electrons. The lowest BCUT2D eigenvalue weighted by Gasteiger charge is -2.11. The molecule has 1 nitrogen and oxygen atoms in total. The van der Waals surface area contributed by atoms with Gasteiger partial charge in [0.05, 0.1) is 5.37 Å². The van der Waals surface area contributed by atoms with Crippen LogP contribution in [0.25, 0.3) is 0 Å². The molecule has 1 atom stereocenters. The van der Waals surface area contributed by atoms with Crippen molar-refractivity contribution in [2.75, 3.05) is 0 Å². The van der Waals surface area contributed by atoms with Crippen molar-refractivity contribution in [2.45, 2.75) is 25.6 Å². The molecule has 0 fully saturated rings. The quantitative estimate of drug-likeness (QED) is 0.635. The fourth-order valence-electron chi connectivity index (χ4n) is 0.872. The van der Waals surface area contributed by atoms with Gasteiger partial charge >= 0.3 is 0 Å². The van der Waals surface area contributed by atoms with Gasteiger partial charge in [-0.15, -0.1) is 11.8 Å². The largest absolute Gasteiger partial charge is 0.378 e. The summed E-state index contributed by atoms with van der Waals surface area (Å²) in [6.07, 6.45) is 3.29. The third-order valence-electron chi connectivity index (χ3n) is 1.28. The van der Waals surface area contributed by atoms with E-state index in [-0.39, 0.29) is 0 Å². The van der Waals surface area contributed by atoms with Crippen LogP contribution in [0, 0.1) is 5.92 Å². The summed E-state index contributed by atoms with van der Waals surface area (Å²) in [4.78, 5) is 0. The Morgan fingerprint density at radius 1 is 1.67 bits per heavy atom. The highest BCUT2D eigenvalue weighted by molar-refractivity contribution is 8.02. The second-order valence-electron chi connectivity index (χ2n) is 2.72. The average Bonchev–Trinajstić information content (AvgIpc) is 2.15. The summed E-state index contributed by atoms with van der Waals surface area (Å²) in [6, 6.07) is 0. The second-order valence-corrected chi connectivity index (χ2v) is 3.84. The van der Waals surface area contributed by atoms with Crippen LogP contribution in [0.5, 0.6) is 0 Å². The third-order valence-corrected chi connectivity index (χ3v) is 2.23. The Kier molecular flexibility index (Phi) is 2.46. The lowest BCUT2D eigenvalue weighted by atomic mass is 10.1. The molecule has 0 bridgehead atoms. The molecular formula is C7H13NS. The molecule has 0 saturated carbocycles. The van der Waals surface area contributed by atoms with E-state index in [4.69, 9.17) is 0 Å². The van der Waals surface area contributed by atoms with Crippen LogP contribution in [0.4, 0.5) is 0 Å². The van der Waals surface area contributed by atoms with E-state index in [1.807, 2.05) is 18.0 Å². The van der Waals surface area contributed by atoms with E-state index in [1.54, 1.807) is 0 Å². The summed E-state index contributed by atoms with van der Waals surface area (Å²) in [6.45, 7) is 4.50. The minimum absolute atomic E-state index is 0.644. The van der Waals surface area contributed by atoms with Gasteiger partial charge in [-0.3, -0.25) is 0 Å². The van der Waals surface area contributed by atoms with Crippen LogP contribution < -0.4 is 5.32 Å². The number of thioether (sulfide) groups is 1. The normalized spacial score (nSPS) is 25.0. The van der Waals surface area contributed by atoms with Crippen LogP contribution in [0.3, 0.4) is 0 Å². The van der Waals surface area contributed by atoms with Crippen molar-refractivity contribution in [3.05, 3.63) is 11.6 Å². The van der Waals surface area contributed by atoms with Gasteiger partial charge in [0.1, 0.15) is 0 Å². The topological polar surface area (TPSA) is 12.0 Å². The van der Waals surface area contributed by atoms with Crippen molar-refractivity contribution in [2.24, 2.45) is 5.92 Å². The van der Waals surface area contributed by atoms with Crippen molar-refractivity contribution < 1.29 is 0 Å². The minimum atomic E-state index is 0.644. The molecule has 0 amide bonds. The monoisotopic (exact) mass is 143 g/mol. The van der Waals surface area contributed by atoms with Crippen LogP contribution in [0.2, 0.25) is 0 Å². The minimum Gasteiger partial charge on any atom is -0.378 e. The predicted octanol–water partition coefficient (Wildman–Crippen LogP) is 2.17. The van der Waals surface area contributed by atoms with Crippen molar-refractivity contribution in [3.8, 4) is 0 Å². The Labute approximate surface area is 60.9 Å². The third kappa shape index (κ3) is 2.31. The first-order chi connectivity index (χ1) is 4.29. The highest BCUT2D eigenvalue weighted by atomic mass is 32.2. The van der Waals surface area contributed by atoms with Gasteiger partial charge in [-0.25, -0.2) is 0 Å². The zero-order chi connectivity index (χ0) is 6.69. The summed E-state index contributed by atoms with van der Waals surface area (Å²) in [5, 5.41) is 6.03. The number of hydrogen-bond donors (Lipinski definition) is 1. The molecule has 0 spiro atoms. The molecule has 1 unspecified atom stereocenters. The maximum atomic E-state index is 3.27. The molecule has 1 N–H and O–H groups in total. The molecule has 52 valence electrons. The Morgan fingerprint density at radius 2 is 2.44 bits per heavy atom. The molecule has 1 rings (SSSR count). The van der Waals surface area contributed by atoms with Gasteiger partial charge < -0.3 is 5.32 Å². The maximum absolute atomic E-state index is 3.27. The van der Waals surface area contributed by atoms with Gasteiger partial charge in [0.15, 0.2) is 0 Å². The first-order valence-corrected chi connectivity index (χ1v) is 4.30. The summed E-state index contributed by atoms with van der Waals surface area (Å²) >= 11 is 1.88. The molecule has 1 heterocycles. The molecule has 1 aliphatic heterocycles. The van der Waals surface area contributed by atoms with Gasteiger partial charge in [-0.05, 0) is 17.7 Å². The first kappa shape index (κ1) is 7.00. The fourth-order valence-corrected chi connectivity index (χ4v) is 1.87. The summed E-state index contributed by atoms with van der Waals surface area (Å²) in [5.41, 5.74) is 0. The molecule has 0 aromatic carbocycles. The summed E-state index contributed by atoms with van der Waals surface area (Å²) in [7, 11) is 0. The number of hydrogen-bond acceptors (Lipinski definition) is 2. The van der Waals surface area contributed by atoms with Gasteiger partial charge in [0.2, 0.25) is 0 Å². The van der Waals surface area contributed by atoms with E-state index in [1.165, 1.54) is 6.42 Å². The smallest absolute Gasteiger partial charge is 0.0761 e. The van der Waals surface area contributed by atoms with Crippen molar-refractivity contribution >= 4 is 11.8 Å². The van der Waals surface area contributed by atoms with E-state index >= 15 is 0 Å². The molecular weight excluding hydrogens is 130 g/mol. The molecule has 0 saturated heterocycles. The van der Waals surface area contributed by atoms with Crippen LogP contribution in [0.15, 0.2) is 11.6 Å². The Morgan fingerprint density at radius 3 is 2.89 bits per heavy atom. The van der Waals surface area contributed by atoms with Crippen molar-refractivity contribution in [1.82, 2.24) is 5.32 Å². The number of nitrogens with one attached hydrogen (secondary N) is 1. The van der Waals surface area contributed by atoms with Crippen molar-refractivity contribution in [3.63, 3.8) is 0 Å². The van der Waals surface area contributed by atoms with E-state index in [0.717, 1.165) is 5.92 Å². The molecule has 1 aliphatic rings. The van der Waals surface area contributed by atoms with Gasteiger partial charge in [-0.2, -0.15) is 0 Å². The van der Waals surface area contributed by atoms with Gasteiger partial charge in [-0.1, -0.05) is 13.8 Å². The fraction of sp³-hybridized carbons (Fsp3) is 0.714.